The van der Waals surface area contributed by atoms with Gasteiger partial charge in [0.1, 0.15) is 5.82 Å². The highest BCUT2D eigenvalue weighted by molar-refractivity contribution is 5.85. The Kier molecular flexibility index (Phi) is 4.55. The van der Waals surface area contributed by atoms with Crippen molar-refractivity contribution in [2.75, 3.05) is 7.11 Å². The zero-order valence-corrected chi connectivity index (χ0v) is 13.0. The summed E-state index contributed by atoms with van der Waals surface area (Å²) in [5, 5.41) is 0. The molecule has 23 heavy (non-hydrogen) atoms. The van der Waals surface area contributed by atoms with E-state index in [1.807, 2.05) is 18.2 Å². The zero-order chi connectivity index (χ0) is 16.4. The lowest BCUT2D eigenvalue weighted by atomic mass is 9.92. The van der Waals surface area contributed by atoms with Gasteiger partial charge in [-0.3, -0.25) is 4.79 Å². The van der Waals surface area contributed by atoms with Crippen molar-refractivity contribution in [1.29, 1.82) is 0 Å². The number of benzene rings is 2. The van der Waals surface area contributed by atoms with E-state index in [9.17, 15) is 9.18 Å². The van der Waals surface area contributed by atoms with Crippen LogP contribution in [-0.4, -0.2) is 12.9 Å². The summed E-state index contributed by atoms with van der Waals surface area (Å²) in [6, 6.07) is 13.2. The van der Waals surface area contributed by atoms with E-state index >= 15 is 0 Å². The van der Waals surface area contributed by atoms with Gasteiger partial charge in [0.2, 0.25) is 0 Å². The molecule has 0 bridgehead atoms. The lowest BCUT2D eigenvalue weighted by molar-refractivity contribution is -0.122. The van der Waals surface area contributed by atoms with Crippen molar-refractivity contribution >= 4 is 5.78 Å². The third kappa shape index (κ3) is 3.19. The third-order valence-electron chi connectivity index (χ3n) is 4.57. The number of carbonyl (C=O) groups excluding carboxylic acids is 1. The van der Waals surface area contributed by atoms with Gasteiger partial charge in [-0.2, -0.15) is 0 Å². The van der Waals surface area contributed by atoms with Gasteiger partial charge in [-0.25, -0.2) is 4.39 Å². The molecule has 0 radical (unpaired) electrons. The highest BCUT2D eigenvalue weighted by atomic mass is 19.1. The molecule has 0 aliphatic heterocycles. The van der Waals surface area contributed by atoms with Crippen LogP contribution in [0.1, 0.15) is 35.3 Å². The maximum atomic E-state index is 13.0. The highest BCUT2D eigenvalue weighted by Gasteiger charge is 2.34. The largest absolute Gasteiger partial charge is 0.376 e. The number of hydrogen-bond donors (Lipinski definition) is 1. The Balaban J connectivity index is 1.72. The van der Waals surface area contributed by atoms with Crippen molar-refractivity contribution in [2.45, 2.75) is 25.0 Å². The van der Waals surface area contributed by atoms with E-state index in [4.69, 9.17) is 10.5 Å². The minimum Gasteiger partial charge on any atom is -0.376 e. The Bertz CT molecular complexity index is 699. The van der Waals surface area contributed by atoms with Crippen LogP contribution in [0.4, 0.5) is 4.39 Å². The molecule has 0 spiro atoms. The molecule has 0 saturated carbocycles. The number of rotatable bonds is 5. The molecule has 3 rings (SSSR count). The molecule has 0 amide bonds. The van der Waals surface area contributed by atoms with Gasteiger partial charge in [0.15, 0.2) is 5.78 Å². The van der Waals surface area contributed by atoms with E-state index in [-0.39, 0.29) is 23.6 Å². The van der Waals surface area contributed by atoms with Crippen LogP contribution in [0.5, 0.6) is 0 Å². The Morgan fingerprint density at radius 2 is 1.96 bits per heavy atom. The van der Waals surface area contributed by atoms with E-state index in [2.05, 4.69) is 6.07 Å². The second kappa shape index (κ2) is 6.60. The molecule has 120 valence electrons. The third-order valence-corrected chi connectivity index (χ3v) is 4.57. The van der Waals surface area contributed by atoms with Crippen molar-refractivity contribution in [3.05, 3.63) is 71.0 Å². The predicted octanol–water partition coefficient (Wildman–Crippen LogP) is 3.34. The van der Waals surface area contributed by atoms with E-state index in [0.29, 0.717) is 12.0 Å². The quantitative estimate of drug-likeness (QED) is 0.921. The maximum absolute atomic E-state index is 13.0. The Morgan fingerprint density at radius 3 is 2.65 bits per heavy atom. The first kappa shape index (κ1) is 15.8. The summed E-state index contributed by atoms with van der Waals surface area (Å²) >= 11 is 0. The Hall–Kier alpha value is -2.04. The fourth-order valence-corrected chi connectivity index (χ4v) is 3.38. The monoisotopic (exact) mass is 313 g/mol. The molecular formula is C19H20FNO2. The van der Waals surface area contributed by atoms with E-state index in [1.165, 1.54) is 17.7 Å². The fourth-order valence-electron chi connectivity index (χ4n) is 3.38. The van der Waals surface area contributed by atoms with Crippen molar-refractivity contribution in [3.63, 3.8) is 0 Å². The number of methoxy groups -OCH3 is 1. The zero-order valence-electron chi connectivity index (χ0n) is 13.0. The second-order valence-electron chi connectivity index (χ2n) is 6.02. The smallest absolute Gasteiger partial charge is 0.154 e. The first-order valence-electron chi connectivity index (χ1n) is 7.74. The molecule has 3 nitrogen and oxygen atoms in total. The van der Waals surface area contributed by atoms with Gasteiger partial charge in [0.05, 0.1) is 12.1 Å². The van der Waals surface area contributed by atoms with Crippen LogP contribution in [0, 0.1) is 11.7 Å². The molecule has 0 fully saturated rings. The van der Waals surface area contributed by atoms with Crippen LogP contribution < -0.4 is 5.73 Å². The molecule has 0 saturated heterocycles. The first-order valence-corrected chi connectivity index (χ1v) is 7.74. The standard InChI is InChI=1S/C19H20FNO2/c1-23-19-14(10-13-4-2-3-5-16(13)19)11-17(22)18(21)12-6-8-15(20)9-7-12/h2-9,14,18-19H,10-11,21H2,1H3/t14?,18-,19?/m0/s1. The van der Waals surface area contributed by atoms with E-state index in [0.717, 1.165) is 12.0 Å². The van der Waals surface area contributed by atoms with Gasteiger partial charge < -0.3 is 10.5 Å². The van der Waals surface area contributed by atoms with Gasteiger partial charge in [0.25, 0.3) is 0 Å². The molecule has 0 aromatic heterocycles. The molecule has 2 aromatic rings. The van der Waals surface area contributed by atoms with Gasteiger partial charge in [-0.1, -0.05) is 36.4 Å². The van der Waals surface area contributed by atoms with Crippen molar-refractivity contribution in [1.82, 2.24) is 0 Å². The van der Waals surface area contributed by atoms with Crippen LogP contribution >= 0.6 is 0 Å². The van der Waals surface area contributed by atoms with Crippen molar-refractivity contribution < 1.29 is 13.9 Å². The fraction of sp³-hybridized carbons (Fsp3) is 0.316. The van der Waals surface area contributed by atoms with E-state index < -0.39 is 6.04 Å². The van der Waals surface area contributed by atoms with E-state index in [1.54, 1.807) is 19.2 Å². The summed E-state index contributed by atoms with van der Waals surface area (Å²) < 4.78 is 18.6. The predicted molar refractivity (Wildman–Crippen MR) is 86.3 cm³/mol. The number of fused-ring (bicyclic) bond motifs is 1. The Morgan fingerprint density at radius 1 is 1.26 bits per heavy atom. The highest BCUT2D eigenvalue weighted by Crippen LogP contribution is 2.40. The number of halogens is 1. The van der Waals surface area contributed by atoms with Crippen molar-refractivity contribution in [2.24, 2.45) is 11.7 Å². The second-order valence-corrected chi connectivity index (χ2v) is 6.02. The number of ether oxygens (including phenoxy) is 1. The number of nitrogens with two attached hydrogens (primary N) is 1. The Labute approximate surface area is 135 Å². The lowest BCUT2D eigenvalue weighted by Crippen LogP contribution is -2.25. The molecule has 0 heterocycles. The lowest BCUT2D eigenvalue weighted by Gasteiger charge is -2.20. The topological polar surface area (TPSA) is 52.3 Å². The van der Waals surface area contributed by atoms with Gasteiger partial charge in [-0.15, -0.1) is 0 Å². The SMILES string of the molecule is COC1c2ccccc2CC1CC(=O)[C@@H](N)c1ccc(F)cc1. The summed E-state index contributed by atoms with van der Waals surface area (Å²) in [6.07, 6.45) is 1.10. The van der Waals surface area contributed by atoms with Gasteiger partial charge >= 0.3 is 0 Å². The van der Waals surface area contributed by atoms with Crippen LogP contribution in [0.3, 0.4) is 0 Å². The number of Topliss-reactive ketones (excluding diaryl/α,β-unsaturated/α-hetero) is 1. The molecule has 4 heteroatoms. The number of ketones is 1. The normalized spacial score (nSPS) is 21.0. The van der Waals surface area contributed by atoms with Crippen LogP contribution in [0.15, 0.2) is 48.5 Å². The minimum absolute atomic E-state index is 0.0449. The molecule has 2 aromatic carbocycles. The average Bonchev–Trinajstić information content (AvgIpc) is 2.91. The summed E-state index contributed by atoms with van der Waals surface area (Å²) in [5.41, 5.74) is 9.07. The average molecular weight is 313 g/mol. The van der Waals surface area contributed by atoms with Crippen LogP contribution in [0.2, 0.25) is 0 Å². The summed E-state index contributed by atoms with van der Waals surface area (Å²) in [7, 11) is 1.67. The number of hydrogen-bond acceptors (Lipinski definition) is 3. The molecular weight excluding hydrogens is 293 g/mol. The molecule has 3 atom stereocenters. The minimum atomic E-state index is -0.725. The molecule has 2 unspecified atom stereocenters. The molecule has 2 N–H and O–H groups in total. The molecule has 1 aliphatic rings. The van der Waals surface area contributed by atoms with Gasteiger partial charge in [0, 0.05) is 19.4 Å². The summed E-state index contributed by atoms with van der Waals surface area (Å²) in [5.74, 6) is -0.285. The van der Waals surface area contributed by atoms with Gasteiger partial charge in [-0.05, 0) is 35.2 Å². The first-order chi connectivity index (χ1) is 11.1. The summed E-state index contributed by atoms with van der Waals surface area (Å²) in [6.45, 7) is 0. The molecule has 1 aliphatic carbocycles. The maximum Gasteiger partial charge on any atom is 0.154 e. The number of carbonyl (C=O) groups is 1. The van der Waals surface area contributed by atoms with Crippen molar-refractivity contribution in [3.8, 4) is 0 Å². The van der Waals surface area contributed by atoms with Crippen LogP contribution in [0.25, 0.3) is 0 Å². The summed E-state index contributed by atoms with van der Waals surface area (Å²) in [4.78, 5) is 12.5. The van der Waals surface area contributed by atoms with Crippen LogP contribution in [-0.2, 0) is 16.0 Å².